The van der Waals surface area contributed by atoms with Gasteiger partial charge in [0.25, 0.3) is 0 Å². The topological polar surface area (TPSA) is 18.5 Å². The van der Waals surface area contributed by atoms with Crippen LogP contribution in [0.2, 0.25) is 0 Å². The van der Waals surface area contributed by atoms with Crippen molar-refractivity contribution in [1.29, 1.82) is 0 Å². The van der Waals surface area contributed by atoms with E-state index in [9.17, 15) is 13.2 Å². The third kappa shape index (κ3) is 4.27. The number of halogens is 3. The molecule has 1 fully saturated rings. The Balaban J connectivity index is 1.56. The van der Waals surface area contributed by atoms with Crippen molar-refractivity contribution in [3.63, 3.8) is 0 Å². The van der Waals surface area contributed by atoms with Crippen molar-refractivity contribution in [3.05, 3.63) is 95.8 Å². The Bertz CT molecular complexity index is 1120. The van der Waals surface area contributed by atoms with Gasteiger partial charge in [-0.25, -0.2) is 0 Å². The summed E-state index contributed by atoms with van der Waals surface area (Å²) < 4.78 is 54.4. The molecule has 0 bridgehead atoms. The van der Waals surface area contributed by atoms with E-state index in [1.165, 1.54) is 18.2 Å². The van der Waals surface area contributed by atoms with Gasteiger partial charge in [-0.3, -0.25) is 0 Å². The minimum absolute atomic E-state index is 0.00836. The average Bonchev–Trinajstić information content (AvgIpc) is 2.81. The summed E-state index contributed by atoms with van der Waals surface area (Å²) in [6, 6.07) is 14.2. The van der Waals surface area contributed by atoms with Crippen LogP contribution in [0, 0.1) is 23.4 Å². The summed E-state index contributed by atoms with van der Waals surface area (Å²) in [5.74, 6) is -1.27. The predicted octanol–water partition coefficient (Wildman–Crippen LogP) is 5.60. The molecule has 6 heteroatoms. The number of hydrogen-bond donors (Lipinski definition) is 0. The van der Waals surface area contributed by atoms with Gasteiger partial charge in [0.15, 0.2) is 6.29 Å². The van der Waals surface area contributed by atoms with E-state index in [1.807, 2.05) is 0 Å². The molecule has 0 aromatic heterocycles. The maximum absolute atomic E-state index is 14.8. The molecule has 155 valence electrons. The Morgan fingerprint density at radius 3 is 2.03 bits per heavy atom. The van der Waals surface area contributed by atoms with Gasteiger partial charge in [0.2, 0.25) is 0 Å². The molecule has 1 heterocycles. The number of rotatable bonds is 5. The van der Waals surface area contributed by atoms with Crippen LogP contribution in [0.5, 0.6) is 0 Å². The van der Waals surface area contributed by atoms with Crippen molar-refractivity contribution in [1.82, 2.24) is 0 Å². The first-order valence-electron chi connectivity index (χ1n) is 9.80. The number of hydrogen-bond acceptors (Lipinski definition) is 2. The van der Waals surface area contributed by atoms with Crippen molar-refractivity contribution in [2.45, 2.75) is 6.29 Å². The second-order valence-electron chi connectivity index (χ2n) is 7.31. The molecular weight excluding hydrogens is 400 g/mol. The van der Waals surface area contributed by atoms with Crippen molar-refractivity contribution < 1.29 is 22.6 Å². The predicted molar refractivity (Wildman–Crippen MR) is 116 cm³/mol. The van der Waals surface area contributed by atoms with Crippen LogP contribution in [0.1, 0.15) is 17.4 Å². The Morgan fingerprint density at radius 2 is 1.45 bits per heavy atom. The molecule has 0 spiro atoms. The van der Waals surface area contributed by atoms with Gasteiger partial charge in [0, 0.05) is 11.5 Å². The zero-order valence-corrected chi connectivity index (χ0v) is 16.7. The van der Waals surface area contributed by atoms with Crippen molar-refractivity contribution in [3.8, 4) is 22.3 Å². The molecule has 31 heavy (non-hydrogen) atoms. The van der Waals surface area contributed by atoms with Crippen LogP contribution in [0.4, 0.5) is 13.2 Å². The molecule has 4 rings (SSSR count). The summed E-state index contributed by atoms with van der Waals surface area (Å²) in [7, 11) is 5.29. The molecule has 0 amide bonds. The molecule has 0 unspecified atom stereocenters. The second-order valence-corrected chi connectivity index (χ2v) is 7.31. The van der Waals surface area contributed by atoms with Gasteiger partial charge in [-0.05, 0) is 0 Å². The van der Waals surface area contributed by atoms with Gasteiger partial charge < -0.3 is 9.47 Å². The van der Waals surface area contributed by atoms with Crippen LogP contribution in [0.15, 0.2) is 67.3 Å². The van der Waals surface area contributed by atoms with E-state index in [-0.39, 0.29) is 17.0 Å². The Hall–Kier alpha value is -2.96. The van der Waals surface area contributed by atoms with Crippen LogP contribution < -0.4 is 0 Å². The first kappa shape index (κ1) is 21.3. The van der Waals surface area contributed by atoms with Crippen LogP contribution >= 0.6 is 0 Å². The van der Waals surface area contributed by atoms with Crippen molar-refractivity contribution in [2.75, 3.05) is 13.2 Å². The molecule has 0 saturated carbocycles. The minimum atomic E-state index is -1.00. The molecule has 2 nitrogen and oxygen atoms in total. The molecule has 3 aromatic rings. The molecule has 1 radical (unpaired) electrons. The van der Waals surface area contributed by atoms with Crippen molar-refractivity contribution in [2.24, 2.45) is 5.92 Å². The van der Waals surface area contributed by atoms with E-state index < -0.39 is 23.7 Å². The zero-order chi connectivity index (χ0) is 22.0. The molecule has 1 aliphatic rings. The fourth-order valence-corrected chi connectivity index (χ4v) is 3.50. The molecule has 1 saturated heterocycles. The van der Waals surface area contributed by atoms with Gasteiger partial charge in [-0.15, -0.1) is 6.58 Å². The van der Waals surface area contributed by atoms with E-state index in [0.29, 0.717) is 35.5 Å². The Kier molecular flexibility index (Phi) is 6.21. The SMILES string of the molecule is [B]=Cc1ccc(-c2ccc(-c3ccc(C4OCC(C=C)CO4)cc3F)cc2)c(F)c1F. The zero-order valence-electron chi connectivity index (χ0n) is 16.7. The molecule has 0 N–H and O–H groups in total. The van der Waals surface area contributed by atoms with Gasteiger partial charge >= 0.3 is 126 Å². The molecule has 3 aromatic carbocycles. The third-order valence-electron chi connectivity index (χ3n) is 5.32. The Morgan fingerprint density at radius 1 is 0.839 bits per heavy atom. The van der Waals surface area contributed by atoms with Crippen LogP contribution in [-0.2, 0) is 9.47 Å². The van der Waals surface area contributed by atoms with E-state index in [4.69, 9.17) is 17.0 Å². The van der Waals surface area contributed by atoms with E-state index >= 15 is 0 Å². The molecular formula is C25H19BF3O2. The van der Waals surface area contributed by atoms with Gasteiger partial charge in [-0.2, -0.15) is 0 Å². The summed E-state index contributed by atoms with van der Waals surface area (Å²) in [5.41, 5.74) is 2.16. The van der Waals surface area contributed by atoms with Gasteiger partial charge in [-0.1, -0.05) is 6.08 Å². The van der Waals surface area contributed by atoms with Crippen LogP contribution in [0.3, 0.4) is 0 Å². The number of ether oxygens (including phenoxy) is 2. The van der Waals surface area contributed by atoms with E-state index in [1.54, 1.807) is 42.5 Å². The Labute approximate surface area is 180 Å². The summed E-state index contributed by atoms with van der Waals surface area (Å²) in [5, 5.41) is 0. The van der Waals surface area contributed by atoms with E-state index in [0.717, 1.165) is 5.97 Å². The van der Waals surface area contributed by atoms with Gasteiger partial charge in [0.05, 0.1) is 13.2 Å². The number of benzene rings is 3. The first-order chi connectivity index (χ1) is 15.0. The molecule has 0 atom stereocenters. The maximum atomic E-state index is 14.8. The third-order valence-corrected chi connectivity index (χ3v) is 5.32. The monoisotopic (exact) mass is 419 g/mol. The summed E-state index contributed by atoms with van der Waals surface area (Å²) >= 11 is 0. The first-order valence-corrected chi connectivity index (χ1v) is 9.80. The molecule has 1 aliphatic heterocycles. The van der Waals surface area contributed by atoms with Crippen LogP contribution in [-0.4, -0.2) is 26.7 Å². The van der Waals surface area contributed by atoms with Crippen molar-refractivity contribution >= 4 is 13.5 Å². The average molecular weight is 419 g/mol. The molecule has 0 aliphatic carbocycles. The normalized spacial score (nSPS) is 18.5. The fourth-order valence-electron chi connectivity index (χ4n) is 3.50. The summed E-state index contributed by atoms with van der Waals surface area (Å²) in [4.78, 5) is 0. The van der Waals surface area contributed by atoms with Crippen LogP contribution in [0.25, 0.3) is 22.3 Å². The standard InChI is InChI=1S/C25H19BF3O2/c1-2-15-13-30-25(31-14-15)18-7-9-20(22(27)11-18)16-3-5-17(6-4-16)21-10-8-19(12-26)23(28)24(21)29/h2-12,15,25H,1,13-14H2. The van der Waals surface area contributed by atoms with E-state index in [2.05, 4.69) is 6.58 Å². The quantitative estimate of drug-likeness (QED) is 0.396. The summed E-state index contributed by atoms with van der Waals surface area (Å²) in [6.07, 6.45) is 1.16. The second kappa shape index (κ2) is 9.04. The fraction of sp³-hybridized carbons (Fsp3) is 0.160. The summed E-state index contributed by atoms with van der Waals surface area (Å²) in [6.45, 7) is 4.66. The van der Waals surface area contributed by atoms with Gasteiger partial charge in [0.1, 0.15) is 0 Å².